The second-order valence-electron chi connectivity index (χ2n) is 13.9. The van der Waals surface area contributed by atoms with Crippen LogP contribution in [0.25, 0.3) is 0 Å². The van der Waals surface area contributed by atoms with Crippen molar-refractivity contribution >= 4 is 13.7 Å². The van der Waals surface area contributed by atoms with Crippen LogP contribution in [0.15, 0.2) is 36.5 Å². The van der Waals surface area contributed by atoms with Crippen LogP contribution in [0.1, 0.15) is 149 Å². The minimum Gasteiger partial charge on any atom is -0.756 e. The number of carbonyl (C=O) groups excluding carboxylic acids is 1. The SMILES string of the molecule is CCCCC/C=C/C/C=C/CCCCCCCC(=O)N[C@@H](COP(=O)([O-])OCC[N+](C)(C)C)[C@H](O)CCCC/C=C/CCCCCC. The number of unbranched alkanes of at least 4 members (excludes halogenated alkanes) is 14. The van der Waals surface area contributed by atoms with E-state index in [0.717, 1.165) is 70.6 Å². The molecule has 9 heteroatoms. The van der Waals surface area contributed by atoms with Crippen molar-refractivity contribution in [3.8, 4) is 0 Å². The van der Waals surface area contributed by atoms with Crippen molar-refractivity contribution in [3.63, 3.8) is 0 Å². The first-order valence-corrected chi connectivity index (χ1v) is 20.3. The summed E-state index contributed by atoms with van der Waals surface area (Å²) in [6.07, 6.45) is 34.3. The average Bonchev–Trinajstić information content (AvgIpc) is 3.01. The number of rotatable bonds is 33. The molecule has 3 atom stereocenters. The highest BCUT2D eigenvalue weighted by atomic mass is 31.2. The third kappa shape index (κ3) is 33.0. The van der Waals surface area contributed by atoms with Gasteiger partial charge in [-0.2, -0.15) is 0 Å². The van der Waals surface area contributed by atoms with Crippen LogP contribution >= 0.6 is 7.82 Å². The van der Waals surface area contributed by atoms with Crippen LogP contribution in [0.4, 0.5) is 0 Å². The maximum atomic E-state index is 12.8. The minimum atomic E-state index is -4.56. The van der Waals surface area contributed by atoms with E-state index in [0.29, 0.717) is 23.9 Å². The summed E-state index contributed by atoms with van der Waals surface area (Å²) in [4.78, 5) is 25.1. The Morgan fingerprint density at radius 2 is 1.23 bits per heavy atom. The van der Waals surface area contributed by atoms with E-state index in [1.54, 1.807) is 0 Å². The number of hydrogen-bond donors (Lipinski definition) is 2. The smallest absolute Gasteiger partial charge is 0.268 e. The van der Waals surface area contributed by atoms with Crippen molar-refractivity contribution in [2.75, 3.05) is 40.9 Å². The lowest BCUT2D eigenvalue weighted by molar-refractivity contribution is -0.870. The molecule has 2 N–H and O–H groups in total. The molecule has 8 nitrogen and oxygen atoms in total. The van der Waals surface area contributed by atoms with Gasteiger partial charge in [-0.05, 0) is 70.6 Å². The Kier molecular flexibility index (Phi) is 29.9. The van der Waals surface area contributed by atoms with Crippen LogP contribution in [0, 0.1) is 0 Å². The molecular weight excluding hydrogens is 611 g/mol. The topological polar surface area (TPSA) is 108 Å². The van der Waals surface area contributed by atoms with Gasteiger partial charge in [0.05, 0.1) is 39.9 Å². The van der Waals surface area contributed by atoms with Crippen LogP contribution < -0.4 is 10.2 Å². The number of likely N-dealkylation sites (N-methyl/N-ethyl adjacent to an activating group) is 1. The molecular formula is C38H73N2O6P. The molecule has 0 fully saturated rings. The fraction of sp³-hybridized carbons (Fsp3) is 0.816. The highest BCUT2D eigenvalue weighted by Crippen LogP contribution is 2.38. The van der Waals surface area contributed by atoms with Crippen molar-refractivity contribution < 1.29 is 32.9 Å². The first kappa shape index (κ1) is 45.7. The maximum Gasteiger partial charge on any atom is 0.268 e. The zero-order valence-corrected chi connectivity index (χ0v) is 31.9. The molecule has 0 rings (SSSR count). The van der Waals surface area contributed by atoms with Crippen LogP contribution in [-0.2, 0) is 18.4 Å². The standard InChI is InChI=1S/C38H73N2O6P/c1-6-8-10-12-14-16-18-19-20-21-22-24-26-28-30-32-38(42)39-36(35-46-47(43,44)45-34-33-40(3,4)5)37(41)31-29-27-25-23-17-15-13-11-9-7-2/h14,16-17,19-20,23,36-37,41H,6-13,15,18,21-22,24-35H2,1-5H3,(H-,39,42,43,44)/b16-14+,20-19+,23-17+/t36-,37+/m0/s1. The summed E-state index contributed by atoms with van der Waals surface area (Å²) in [5.41, 5.74) is 0. The lowest BCUT2D eigenvalue weighted by Crippen LogP contribution is -2.46. The van der Waals surface area contributed by atoms with E-state index in [2.05, 4.69) is 55.6 Å². The van der Waals surface area contributed by atoms with Crippen molar-refractivity contribution in [1.29, 1.82) is 0 Å². The number of phosphoric acid groups is 1. The fourth-order valence-corrected chi connectivity index (χ4v) is 5.72. The normalized spacial score (nSPS) is 15.1. The monoisotopic (exact) mass is 685 g/mol. The number of nitrogens with zero attached hydrogens (tertiary/aromatic N) is 1. The molecule has 47 heavy (non-hydrogen) atoms. The van der Waals surface area contributed by atoms with Gasteiger partial charge in [0, 0.05) is 6.42 Å². The number of amides is 1. The third-order valence-corrected chi connectivity index (χ3v) is 9.06. The minimum absolute atomic E-state index is 0.00278. The van der Waals surface area contributed by atoms with Gasteiger partial charge in [-0.1, -0.05) is 108 Å². The molecule has 0 aromatic heterocycles. The van der Waals surface area contributed by atoms with Gasteiger partial charge in [-0.3, -0.25) is 9.36 Å². The van der Waals surface area contributed by atoms with Gasteiger partial charge in [-0.15, -0.1) is 0 Å². The number of quaternary nitrogens is 1. The van der Waals surface area contributed by atoms with E-state index in [4.69, 9.17) is 9.05 Å². The van der Waals surface area contributed by atoms with Crippen molar-refractivity contribution in [1.82, 2.24) is 5.32 Å². The quantitative estimate of drug-likeness (QED) is 0.0309. The van der Waals surface area contributed by atoms with Gasteiger partial charge >= 0.3 is 0 Å². The Bertz CT molecular complexity index is 871. The average molecular weight is 685 g/mol. The van der Waals surface area contributed by atoms with Crippen molar-refractivity contribution in [2.24, 2.45) is 0 Å². The van der Waals surface area contributed by atoms with E-state index in [9.17, 15) is 19.4 Å². The van der Waals surface area contributed by atoms with E-state index < -0.39 is 20.0 Å². The van der Waals surface area contributed by atoms with Gasteiger partial charge in [0.2, 0.25) is 5.91 Å². The lowest BCUT2D eigenvalue weighted by atomic mass is 10.0. The first-order chi connectivity index (χ1) is 22.5. The summed E-state index contributed by atoms with van der Waals surface area (Å²) in [6, 6.07) is -0.821. The molecule has 0 spiro atoms. The molecule has 0 radical (unpaired) electrons. The number of aliphatic hydroxyl groups is 1. The van der Waals surface area contributed by atoms with Gasteiger partial charge in [-0.25, -0.2) is 0 Å². The molecule has 0 saturated heterocycles. The molecule has 0 saturated carbocycles. The Morgan fingerprint density at radius 3 is 1.83 bits per heavy atom. The molecule has 0 aromatic carbocycles. The molecule has 0 aliphatic carbocycles. The Labute approximate surface area is 289 Å². The number of hydrogen-bond acceptors (Lipinski definition) is 6. The lowest BCUT2D eigenvalue weighted by Gasteiger charge is -2.30. The Balaban J connectivity index is 4.52. The molecule has 0 aromatic rings. The fourth-order valence-electron chi connectivity index (χ4n) is 5.00. The molecule has 1 amide bonds. The van der Waals surface area contributed by atoms with Crippen LogP contribution in [-0.4, -0.2) is 68.5 Å². The summed E-state index contributed by atoms with van der Waals surface area (Å²) in [7, 11) is 1.27. The number of phosphoric ester groups is 1. The largest absolute Gasteiger partial charge is 0.756 e. The van der Waals surface area contributed by atoms with Gasteiger partial charge < -0.3 is 28.8 Å². The number of carbonyl (C=O) groups is 1. The van der Waals surface area contributed by atoms with Crippen molar-refractivity contribution in [2.45, 2.75) is 161 Å². The summed E-state index contributed by atoms with van der Waals surface area (Å²) >= 11 is 0. The molecule has 1 unspecified atom stereocenters. The second kappa shape index (κ2) is 30.8. The summed E-state index contributed by atoms with van der Waals surface area (Å²) in [5.74, 6) is -0.193. The highest BCUT2D eigenvalue weighted by Gasteiger charge is 2.24. The maximum absolute atomic E-state index is 12.8. The molecule has 0 heterocycles. The van der Waals surface area contributed by atoms with Gasteiger partial charge in [0.15, 0.2) is 0 Å². The van der Waals surface area contributed by atoms with E-state index in [-0.39, 0.29) is 19.1 Å². The van der Waals surface area contributed by atoms with E-state index >= 15 is 0 Å². The van der Waals surface area contributed by atoms with Crippen molar-refractivity contribution in [3.05, 3.63) is 36.5 Å². The van der Waals surface area contributed by atoms with E-state index in [1.165, 1.54) is 51.4 Å². The first-order valence-electron chi connectivity index (χ1n) is 18.8. The third-order valence-electron chi connectivity index (χ3n) is 8.10. The van der Waals surface area contributed by atoms with Crippen LogP contribution in [0.5, 0.6) is 0 Å². The number of allylic oxidation sites excluding steroid dienone is 6. The zero-order chi connectivity index (χ0) is 35.1. The van der Waals surface area contributed by atoms with Crippen LogP contribution in [0.2, 0.25) is 0 Å². The predicted molar refractivity (Wildman–Crippen MR) is 196 cm³/mol. The number of aliphatic hydroxyl groups excluding tert-OH is 1. The number of nitrogens with one attached hydrogen (secondary N) is 1. The van der Waals surface area contributed by atoms with Gasteiger partial charge in [0.1, 0.15) is 13.2 Å². The molecule has 0 bridgehead atoms. The molecule has 0 aliphatic rings. The molecule has 0 aliphatic heterocycles. The Morgan fingerprint density at radius 1 is 0.745 bits per heavy atom. The second-order valence-corrected chi connectivity index (χ2v) is 15.3. The predicted octanol–water partition coefficient (Wildman–Crippen LogP) is 8.94. The summed E-state index contributed by atoms with van der Waals surface area (Å²) in [5, 5.41) is 13.8. The van der Waals surface area contributed by atoms with Gasteiger partial charge in [0.25, 0.3) is 7.82 Å². The zero-order valence-electron chi connectivity index (χ0n) is 31.0. The highest BCUT2D eigenvalue weighted by molar-refractivity contribution is 7.45. The summed E-state index contributed by atoms with van der Waals surface area (Å²) in [6.45, 7) is 4.59. The molecule has 276 valence electrons. The summed E-state index contributed by atoms with van der Waals surface area (Å²) < 4.78 is 23.1. The Hall–Kier alpha value is -1.28. The van der Waals surface area contributed by atoms with E-state index in [1.807, 2.05) is 21.1 Å². The van der Waals surface area contributed by atoms with Crippen LogP contribution in [0.3, 0.4) is 0 Å².